The number of carbonyl (C=O) groups is 1. The van der Waals surface area contributed by atoms with Gasteiger partial charge < -0.3 is 10.6 Å². The average molecular weight is 257 g/mol. The first-order valence-corrected chi connectivity index (χ1v) is 5.58. The number of nitrogens with two attached hydrogens (primary N) is 1. The van der Waals surface area contributed by atoms with Gasteiger partial charge in [0, 0.05) is 19.5 Å². The largest absolute Gasteiger partial charge is 0.339 e. The summed E-state index contributed by atoms with van der Waals surface area (Å²) in [5.41, 5.74) is 6.76. The first-order chi connectivity index (χ1) is 7.52. The van der Waals surface area contributed by atoms with E-state index in [2.05, 4.69) is 0 Å². The lowest BCUT2D eigenvalue weighted by atomic mass is 10.1. The van der Waals surface area contributed by atoms with Crippen LogP contribution in [0.3, 0.4) is 0 Å². The van der Waals surface area contributed by atoms with Crippen LogP contribution in [0.2, 0.25) is 0 Å². The van der Waals surface area contributed by atoms with Crippen LogP contribution < -0.4 is 5.73 Å². The number of hydrogen-bond acceptors (Lipinski definition) is 2. The van der Waals surface area contributed by atoms with Crippen LogP contribution in [0.15, 0.2) is 30.3 Å². The molecule has 1 amide bonds. The number of nitrogens with zero attached hydrogens (tertiary/aromatic N) is 1. The number of benzene rings is 1. The van der Waals surface area contributed by atoms with E-state index in [1.54, 1.807) is 4.90 Å². The maximum absolute atomic E-state index is 11.8. The summed E-state index contributed by atoms with van der Waals surface area (Å²) in [5.74, 6) is 0.0892. The Balaban J connectivity index is 0.00000256. The average Bonchev–Trinajstić information content (AvgIpc) is 2.27. The highest BCUT2D eigenvalue weighted by atomic mass is 35.5. The number of halogens is 1. The van der Waals surface area contributed by atoms with Crippen LogP contribution >= 0.6 is 12.4 Å². The van der Waals surface area contributed by atoms with E-state index >= 15 is 0 Å². The van der Waals surface area contributed by atoms with Crippen LogP contribution in [0, 0.1) is 0 Å². The molecule has 96 valence electrons. The molecule has 0 spiro atoms. The quantitative estimate of drug-likeness (QED) is 0.899. The van der Waals surface area contributed by atoms with Gasteiger partial charge in [-0.1, -0.05) is 30.3 Å². The minimum atomic E-state index is -0.0853. The zero-order valence-corrected chi connectivity index (χ0v) is 11.4. The molecule has 0 aliphatic rings. The van der Waals surface area contributed by atoms with E-state index in [-0.39, 0.29) is 30.4 Å². The Hall–Kier alpha value is -1.06. The van der Waals surface area contributed by atoms with Crippen molar-refractivity contribution in [2.75, 3.05) is 7.05 Å². The van der Waals surface area contributed by atoms with Gasteiger partial charge in [0.1, 0.15) is 0 Å². The molecule has 3 nitrogen and oxygen atoms in total. The Morgan fingerprint density at radius 3 is 2.29 bits per heavy atom. The first kappa shape index (κ1) is 15.9. The normalized spacial score (nSPS) is 13.4. The van der Waals surface area contributed by atoms with E-state index in [0.717, 1.165) is 5.56 Å². The molecule has 0 heterocycles. The summed E-state index contributed by atoms with van der Waals surface area (Å²) in [6.07, 6.45) is 0.397. The molecule has 4 heteroatoms. The summed E-state index contributed by atoms with van der Waals surface area (Å²) in [5, 5.41) is 0. The first-order valence-electron chi connectivity index (χ1n) is 5.58. The molecule has 2 atom stereocenters. The highest BCUT2D eigenvalue weighted by molar-refractivity contribution is 5.85. The van der Waals surface area contributed by atoms with E-state index < -0.39 is 0 Å². The number of hydrogen-bond donors (Lipinski definition) is 1. The smallest absolute Gasteiger partial charge is 0.224 e. The lowest BCUT2D eigenvalue weighted by Gasteiger charge is -2.26. The molecule has 0 fully saturated rings. The zero-order chi connectivity index (χ0) is 12.1. The third kappa shape index (κ3) is 4.75. The van der Waals surface area contributed by atoms with Gasteiger partial charge in [-0.3, -0.25) is 4.79 Å². The molecule has 0 radical (unpaired) electrons. The van der Waals surface area contributed by atoms with Crippen LogP contribution in [0.25, 0.3) is 0 Å². The van der Waals surface area contributed by atoms with E-state index in [1.165, 1.54) is 0 Å². The van der Waals surface area contributed by atoms with Gasteiger partial charge in [-0.2, -0.15) is 0 Å². The Kier molecular flexibility index (Phi) is 6.85. The molecule has 17 heavy (non-hydrogen) atoms. The highest BCUT2D eigenvalue weighted by Gasteiger charge is 2.17. The molecule has 1 aromatic carbocycles. The molecule has 0 saturated carbocycles. The van der Waals surface area contributed by atoms with Gasteiger partial charge in [0.2, 0.25) is 5.91 Å². The predicted molar refractivity (Wildman–Crippen MR) is 73.1 cm³/mol. The van der Waals surface area contributed by atoms with Gasteiger partial charge in [-0.15, -0.1) is 12.4 Å². The third-order valence-electron chi connectivity index (χ3n) is 2.75. The van der Waals surface area contributed by atoms with E-state index in [4.69, 9.17) is 5.73 Å². The summed E-state index contributed by atoms with van der Waals surface area (Å²) < 4.78 is 0. The Bertz CT molecular complexity index is 341. The van der Waals surface area contributed by atoms with Gasteiger partial charge in [-0.25, -0.2) is 0 Å². The second-order valence-electron chi connectivity index (χ2n) is 4.27. The van der Waals surface area contributed by atoms with Crippen LogP contribution in [0.5, 0.6) is 0 Å². The molecule has 0 aliphatic heterocycles. The summed E-state index contributed by atoms with van der Waals surface area (Å²) >= 11 is 0. The summed E-state index contributed by atoms with van der Waals surface area (Å²) in [4.78, 5) is 13.6. The highest BCUT2D eigenvalue weighted by Crippen LogP contribution is 2.18. The van der Waals surface area contributed by atoms with Crippen LogP contribution in [-0.2, 0) is 4.79 Å². The van der Waals surface area contributed by atoms with Gasteiger partial charge >= 0.3 is 0 Å². The lowest BCUT2D eigenvalue weighted by molar-refractivity contribution is -0.132. The Morgan fingerprint density at radius 1 is 1.29 bits per heavy atom. The maximum atomic E-state index is 11.8. The molecule has 0 saturated heterocycles. The van der Waals surface area contributed by atoms with Gasteiger partial charge in [0.25, 0.3) is 0 Å². The minimum absolute atomic E-state index is 0. The molecule has 2 unspecified atom stereocenters. The topological polar surface area (TPSA) is 46.3 Å². The van der Waals surface area contributed by atoms with Gasteiger partial charge in [0.15, 0.2) is 0 Å². The second-order valence-corrected chi connectivity index (χ2v) is 4.27. The van der Waals surface area contributed by atoms with Crippen molar-refractivity contribution in [1.82, 2.24) is 4.90 Å². The Labute approximate surface area is 109 Å². The van der Waals surface area contributed by atoms with Crippen LogP contribution in [-0.4, -0.2) is 23.9 Å². The summed E-state index contributed by atoms with van der Waals surface area (Å²) in [6.45, 7) is 3.87. The standard InChI is InChI=1S/C13H20N2O.ClH/c1-10(14)9-13(16)15(3)11(2)12-7-5-4-6-8-12;/h4-8,10-11H,9,14H2,1-3H3;1H. The molecular weight excluding hydrogens is 236 g/mol. The zero-order valence-electron chi connectivity index (χ0n) is 10.6. The van der Waals surface area contributed by atoms with Crippen molar-refractivity contribution >= 4 is 18.3 Å². The fourth-order valence-electron chi connectivity index (χ4n) is 1.59. The number of rotatable bonds is 4. The predicted octanol–water partition coefficient (Wildman–Crippen LogP) is 2.37. The van der Waals surface area contributed by atoms with E-state index in [9.17, 15) is 4.79 Å². The summed E-state index contributed by atoms with van der Waals surface area (Å²) in [6, 6.07) is 10.00. The van der Waals surface area contributed by atoms with E-state index in [1.807, 2.05) is 51.2 Å². The molecule has 0 aromatic heterocycles. The number of carbonyl (C=O) groups excluding carboxylic acids is 1. The molecule has 1 rings (SSSR count). The second kappa shape index (κ2) is 7.30. The molecule has 0 aliphatic carbocycles. The maximum Gasteiger partial charge on any atom is 0.224 e. The van der Waals surface area contributed by atoms with E-state index in [0.29, 0.717) is 6.42 Å². The van der Waals surface area contributed by atoms with Crippen molar-refractivity contribution in [1.29, 1.82) is 0 Å². The van der Waals surface area contributed by atoms with Crippen molar-refractivity contribution in [3.05, 3.63) is 35.9 Å². The third-order valence-corrected chi connectivity index (χ3v) is 2.75. The van der Waals surface area contributed by atoms with Gasteiger partial charge in [-0.05, 0) is 19.4 Å². The van der Waals surface area contributed by atoms with Gasteiger partial charge in [0.05, 0.1) is 6.04 Å². The molecule has 0 bridgehead atoms. The molecular formula is C13H21ClN2O. The fraction of sp³-hybridized carbons (Fsp3) is 0.462. The van der Waals surface area contributed by atoms with Crippen LogP contribution in [0.4, 0.5) is 0 Å². The summed E-state index contributed by atoms with van der Waals surface area (Å²) in [7, 11) is 1.82. The van der Waals surface area contributed by atoms with Crippen LogP contribution in [0.1, 0.15) is 31.9 Å². The minimum Gasteiger partial charge on any atom is -0.339 e. The van der Waals surface area contributed by atoms with Crippen molar-refractivity contribution < 1.29 is 4.79 Å². The lowest BCUT2D eigenvalue weighted by Crippen LogP contribution is -2.33. The Morgan fingerprint density at radius 2 is 1.82 bits per heavy atom. The van der Waals surface area contributed by atoms with Crippen molar-refractivity contribution in [2.24, 2.45) is 5.73 Å². The SMILES string of the molecule is CC(N)CC(=O)N(C)C(C)c1ccccc1.Cl. The molecule has 1 aromatic rings. The van der Waals surface area contributed by atoms with Crippen molar-refractivity contribution in [3.8, 4) is 0 Å². The van der Waals surface area contributed by atoms with Crippen molar-refractivity contribution in [2.45, 2.75) is 32.4 Å². The van der Waals surface area contributed by atoms with Crippen molar-refractivity contribution in [3.63, 3.8) is 0 Å². The molecule has 2 N–H and O–H groups in total. The monoisotopic (exact) mass is 256 g/mol. The fourth-order valence-corrected chi connectivity index (χ4v) is 1.59. The number of amides is 1.